The first-order chi connectivity index (χ1) is 13.7. The van der Waals surface area contributed by atoms with Crippen LogP contribution in [0.15, 0.2) is 23.8 Å². The summed E-state index contributed by atoms with van der Waals surface area (Å²) in [6, 6.07) is 8.08. The van der Waals surface area contributed by atoms with Crippen molar-refractivity contribution in [2.75, 3.05) is 26.4 Å². The van der Waals surface area contributed by atoms with E-state index in [4.69, 9.17) is 14.2 Å². The van der Waals surface area contributed by atoms with Crippen molar-refractivity contribution in [3.05, 3.63) is 29.3 Å². The summed E-state index contributed by atoms with van der Waals surface area (Å²) in [6.07, 6.45) is 11.2. The first-order valence-electron chi connectivity index (χ1n) is 10.8. The van der Waals surface area contributed by atoms with Crippen LogP contribution in [0.5, 0.6) is 11.5 Å². The molecular weight excluding hydrogens is 350 g/mol. The van der Waals surface area contributed by atoms with Crippen molar-refractivity contribution in [1.29, 1.82) is 5.26 Å². The molecule has 0 unspecified atom stereocenters. The van der Waals surface area contributed by atoms with Crippen molar-refractivity contribution in [3.63, 3.8) is 0 Å². The Hall–Kier alpha value is -1.99. The van der Waals surface area contributed by atoms with Crippen LogP contribution in [0.1, 0.15) is 77.7 Å². The van der Waals surface area contributed by atoms with Gasteiger partial charge in [-0.1, -0.05) is 58.4 Å². The summed E-state index contributed by atoms with van der Waals surface area (Å²) in [7, 11) is 0. The van der Waals surface area contributed by atoms with Crippen LogP contribution in [0.2, 0.25) is 0 Å². The van der Waals surface area contributed by atoms with Crippen molar-refractivity contribution in [1.82, 2.24) is 0 Å². The van der Waals surface area contributed by atoms with Gasteiger partial charge in [-0.25, -0.2) is 0 Å². The summed E-state index contributed by atoms with van der Waals surface area (Å²) < 4.78 is 17.4. The van der Waals surface area contributed by atoms with Crippen LogP contribution in [0.4, 0.5) is 0 Å². The maximum Gasteiger partial charge on any atom is 0.161 e. The second-order valence-electron chi connectivity index (χ2n) is 6.94. The van der Waals surface area contributed by atoms with Crippen molar-refractivity contribution < 1.29 is 14.2 Å². The first kappa shape index (κ1) is 24.0. The van der Waals surface area contributed by atoms with Gasteiger partial charge in [0.1, 0.15) is 0 Å². The lowest BCUT2D eigenvalue weighted by Crippen LogP contribution is -2.03. The number of hydrogen-bond acceptors (Lipinski definition) is 4. The summed E-state index contributed by atoms with van der Waals surface area (Å²) in [5.41, 5.74) is 1.53. The third kappa shape index (κ3) is 10.4. The molecule has 28 heavy (non-hydrogen) atoms. The van der Waals surface area contributed by atoms with E-state index in [0.29, 0.717) is 32.0 Å². The zero-order valence-corrected chi connectivity index (χ0v) is 18.0. The van der Waals surface area contributed by atoms with E-state index in [1.807, 2.05) is 31.2 Å². The molecule has 0 saturated heterocycles. The molecule has 0 saturated carbocycles. The third-order valence-corrected chi connectivity index (χ3v) is 4.42. The molecule has 4 nitrogen and oxygen atoms in total. The van der Waals surface area contributed by atoms with Gasteiger partial charge in [-0.15, -0.1) is 0 Å². The topological polar surface area (TPSA) is 51.5 Å². The summed E-state index contributed by atoms with van der Waals surface area (Å²) in [6.45, 7) is 8.64. The summed E-state index contributed by atoms with van der Waals surface area (Å²) in [5, 5.41) is 9.29. The third-order valence-electron chi connectivity index (χ3n) is 4.42. The monoisotopic (exact) mass is 387 g/mol. The summed E-state index contributed by atoms with van der Waals surface area (Å²) >= 11 is 0. The smallest absolute Gasteiger partial charge is 0.161 e. The van der Waals surface area contributed by atoms with Gasteiger partial charge in [-0.3, -0.25) is 0 Å². The largest absolute Gasteiger partial charge is 0.490 e. The van der Waals surface area contributed by atoms with Crippen molar-refractivity contribution in [2.45, 2.75) is 72.1 Å². The fraction of sp³-hybridized carbons (Fsp3) is 0.625. The number of nitrogens with zero attached hydrogens (tertiary/aromatic N) is 1. The van der Waals surface area contributed by atoms with E-state index in [-0.39, 0.29) is 0 Å². The Labute approximate surface area is 171 Å². The molecule has 1 rings (SSSR count). The Morgan fingerprint density at radius 3 is 2.11 bits per heavy atom. The zero-order valence-electron chi connectivity index (χ0n) is 18.0. The van der Waals surface area contributed by atoms with Gasteiger partial charge in [0.25, 0.3) is 0 Å². The van der Waals surface area contributed by atoms with Crippen LogP contribution in [0, 0.1) is 11.3 Å². The quantitative estimate of drug-likeness (QED) is 0.238. The van der Waals surface area contributed by atoms with Crippen molar-refractivity contribution >= 4 is 6.08 Å². The predicted octanol–water partition coefficient (Wildman–Crippen LogP) is 6.55. The number of nitriles is 1. The van der Waals surface area contributed by atoms with Crippen molar-refractivity contribution in [2.24, 2.45) is 0 Å². The average molecular weight is 388 g/mol. The number of hydrogen-bond donors (Lipinski definition) is 0. The van der Waals surface area contributed by atoms with Crippen LogP contribution in [-0.2, 0) is 4.74 Å². The first-order valence-corrected chi connectivity index (χ1v) is 10.8. The molecule has 0 heterocycles. The molecule has 0 fully saturated rings. The maximum atomic E-state index is 9.29. The summed E-state index contributed by atoms with van der Waals surface area (Å²) in [4.78, 5) is 0. The molecule has 0 aromatic heterocycles. The van der Waals surface area contributed by atoms with E-state index in [1.165, 1.54) is 38.5 Å². The SMILES string of the molecule is CCCCCCOc1ccc(C=C(C#N)COCC)cc1OCCCCCC. The molecule has 0 amide bonds. The number of benzene rings is 1. The minimum atomic E-state index is 0.329. The van der Waals surface area contributed by atoms with Gasteiger partial charge in [-0.2, -0.15) is 5.26 Å². The lowest BCUT2D eigenvalue weighted by molar-refractivity contribution is 0.174. The molecule has 0 aliphatic carbocycles. The molecule has 0 N–H and O–H groups in total. The van der Waals surface area contributed by atoms with E-state index < -0.39 is 0 Å². The standard InChI is InChI=1S/C24H37NO3/c1-4-7-9-11-15-27-23-14-13-21(17-22(19-25)20-26-6-3)18-24(23)28-16-12-10-8-5-2/h13-14,17-18H,4-12,15-16,20H2,1-3H3. The molecule has 1 aromatic rings. The van der Waals surface area contributed by atoms with E-state index in [2.05, 4.69) is 19.9 Å². The number of ether oxygens (including phenoxy) is 3. The molecule has 0 spiro atoms. The van der Waals surface area contributed by atoms with Gasteiger partial charge >= 0.3 is 0 Å². The Morgan fingerprint density at radius 1 is 0.893 bits per heavy atom. The van der Waals surface area contributed by atoms with Gasteiger partial charge in [0.2, 0.25) is 0 Å². The Morgan fingerprint density at radius 2 is 1.54 bits per heavy atom. The highest BCUT2D eigenvalue weighted by molar-refractivity contribution is 5.61. The second-order valence-corrected chi connectivity index (χ2v) is 6.94. The molecule has 0 atom stereocenters. The van der Waals surface area contributed by atoms with Crippen LogP contribution in [0.25, 0.3) is 6.08 Å². The molecule has 4 heteroatoms. The van der Waals surface area contributed by atoms with Crippen LogP contribution < -0.4 is 9.47 Å². The fourth-order valence-corrected chi connectivity index (χ4v) is 2.79. The molecule has 1 aromatic carbocycles. The Kier molecular flexibility index (Phi) is 13.7. The van der Waals surface area contributed by atoms with Crippen LogP contribution in [0.3, 0.4) is 0 Å². The van der Waals surface area contributed by atoms with E-state index in [1.54, 1.807) is 0 Å². The molecule has 156 valence electrons. The van der Waals surface area contributed by atoms with Crippen LogP contribution >= 0.6 is 0 Å². The zero-order chi connectivity index (χ0) is 20.5. The van der Waals surface area contributed by atoms with E-state index >= 15 is 0 Å². The highest BCUT2D eigenvalue weighted by Crippen LogP contribution is 2.30. The van der Waals surface area contributed by atoms with E-state index in [0.717, 1.165) is 29.9 Å². The predicted molar refractivity (Wildman–Crippen MR) is 116 cm³/mol. The summed E-state index contributed by atoms with van der Waals surface area (Å²) in [5.74, 6) is 1.54. The average Bonchev–Trinajstić information content (AvgIpc) is 2.71. The fourth-order valence-electron chi connectivity index (χ4n) is 2.79. The van der Waals surface area contributed by atoms with Gasteiger partial charge in [0.15, 0.2) is 11.5 Å². The van der Waals surface area contributed by atoms with E-state index in [9.17, 15) is 5.26 Å². The Balaban J connectivity index is 2.80. The molecule has 0 radical (unpaired) electrons. The van der Waals surface area contributed by atoms with Crippen LogP contribution in [-0.4, -0.2) is 26.4 Å². The van der Waals surface area contributed by atoms with Gasteiger partial charge < -0.3 is 14.2 Å². The molecule has 0 aliphatic heterocycles. The molecule has 0 aliphatic rings. The van der Waals surface area contributed by atoms with Gasteiger partial charge in [-0.05, 0) is 43.5 Å². The minimum Gasteiger partial charge on any atom is -0.490 e. The lowest BCUT2D eigenvalue weighted by Gasteiger charge is -2.14. The number of rotatable bonds is 16. The Bertz CT molecular complexity index is 604. The van der Waals surface area contributed by atoms with Gasteiger partial charge in [0, 0.05) is 6.61 Å². The number of unbranched alkanes of at least 4 members (excludes halogenated alkanes) is 6. The molecular formula is C24H37NO3. The van der Waals surface area contributed by atoms with Gasteiger partial charge in [0.05, 0.1) is 31.5 Å². The molecule has 0 bridgehead atoms. The highest BCUT2D eigenvalue weighted by atomic mass is 16.5. The highest BCUT2D eigenvalue weighted by Gasteiger charge is 2.08. The maximum absolute atomic E-state index is 9.29. The van der Waals surface area contributed by atoms with Crippen molar-refractivity contribution in [3.8, 4) is 17.6 Å². The normalized spacial score (nSPS) is 11.3. The second kappa shape index (κ2) is 16.0. The minimum absolute atomic E-state index is 0.329. The lowest BCUT2D eigenvalue weighted by atomic mass is 10.1.